The van der Waals surface area contributed by atoms with Crippen molar-refractivity contribution in [3.05, 3.63) is 46.2 Å². The zero-order chi connectivity index (χ0) is 17.1. The van der Waals surface area contributed by atoms with Gasteiger partial charge in [0.2, 0.25) is 0 Å². The minimum Gasteiger partial charge on any atom is -0.451 e. The fourth-order valence-electron chi connectivity index (χ4n) is 2.63. The maximum Gasteiger partial charge on any atom is 0.349 e. The number of ether oxygens (including phenoxy) is 1. The number of hydrogen-bond donors (Lipinski definition) is 1. The predicted octanol–water partition coefficient (Wildman–Crippen LogP) is 3.80. The molecule has 1 heterocycles. The number of amides is 1. The molecule has 1 aromatic heterocycles. The third-order valence-electron chi connectivity index (χ3n) is 4.27. The van der Waals surface area contributed by atoms with Crippen molar-refractivity contribution in [1.82, 2.24) is 5.32 Å². The molecule has 1 aliphatic rings. The number of rotatable bonds is 6. The van der Waals surface area contributed by atoms with Gasteiger partial charge in [-0.05, 0) is 49.6 Å². The molecule has 0 spiro atoms. The average molecular weight is 343 g/mol. The summed E-state index contributed by atoms with van der Waals surface area (Å²) >= 11 is 1.33. The zero-order valence-electron chi connectivity index (χ0n) is 13.9. The summed E-state index contributed by atoms with van der Waals surface area (Å²) in [6.07, 6.45) is 2.33. The van der Waals surface area contributed by atoms with Gasteiger partial charge in [0.15, 0.2) is 6.61 Å². The van der Waals surface area contributed by atoms with Crippen molar-refractivity contribution >= 4 is 23.2 Å². The number of thiophene rings is 1. The Morgan fingerprint density at radius 1 is 1.25 bits per heavy atom. The fourth-order valence-corrected chi connectivity index (χ4v) is 3.44. The van der Waals surface area contributed by atoms with Crippen LogP contribution in [-0.2, 0) is 9.53 Å². The molecule has 2 aromatic rings. The van der Waals surface area contributed by atoms with Gasteiger partial charge in [0, 0.05) is 11.6 Å². The predicted molar refractivity (Wildman–Crippen MR) is 95.1 cm³/mol. The highest BCUT2D eigenvalue weighted by molar-refractivity contribution is 7.12. The quantitative estimate of drug-likeness (QED) is 0.812. The smallest absolute Gasteiger partial charge is 0.349 e. The standard InChI is InChI=1S/C19H21NO3S/c1-12-3-5-15(6-4-12)16-9-10-24-18(16)19(22)23-11-17(21)20-13(2)14-7-8-14/h3-6,9-10,13-14H,7-8,11H2,1-2H3,(H,20,21)/t13-/m1/s1. The first kappa shape index (κ1) is 16.7. The van der Waals surface area contributed by atoms with Crippen molar-refractivity contribution in [3.8, 4) is 11.1 Å². The molecule has 1 aromatic carbocycles. The van der Waals surface area contributed by atoms with Crippen LogP contribution in [0.25, 0.3) is 11.1 Å². The van der Waals surface area contributed by atoms with Gasteiger partial charge in [0.05, 0.1) is 0 Å². The third kappa shape index (κ3) is 4.03. The summed E-state index contributed by atoms with van der Waals surface area (Å²) in [5.41, 5.74) is 2.98. The van der Waals surface area contributed by atoms with Gasteiger partial charge in [0.1, 0.15) is 4.88 Å². The number of carbonyl (C=O) groups excluding carboxylic acids is 2. The molecule has 1 fully saturated rings. The summed E-state index contributed by atoms with van der Waals surface area (Å²) in [4.78, 5) is 24.7. The van der Waals surface area contributed by atoms with E-state index in [2.05, 4.69) is 5.32 Å². The minimum atomic E-state index is -0.449. The van der Waals surface area contributed by atoms with Crippen LogP contribution < -0.4 is 5.32 Å². The topological polar surface area (TPSA) is 55.4 Å². The van der Waals surface area contributed by atoms with E-state index in [0.717, 1.165) is 24.0 Å². The highest BCUT2D eigenvalue weighted by atomic mass is 32.1. The van der Waals surface area contributed by atoms with E-state index in [9.17, 15) is 9.59 Å². The van der Waals surface area contributed by atoms with Crippen LogP contribution in [0.3, 0.4) is 0 Å². The summed E-state index contributed by atoms with van der Waals surface area (Å²) in [5.74, 6) is -0.110. The van der Waals surface area contributed by atoms with Gasteiger partial charge in [0.25, 0.3) is 5.91 Å². The zero-order valence-corrected chi connectivity index (χ0v) is 14.7. The van der Waals surface area contributed by atoms with Crippen LogP contribution in [0.2, 0.25) is 0 Å². The van der Waals surface area contributed by atoms with E-state index < -0.39 is 5.97 Å². The largest absolute Gasteiger partial charge is 0.451 e. The van der Waals surface area contributed by atoms with E-state index in [0.29, 0.717) is 10.8 Å². The number of nitrogens with one attached hydrogen (secondary N) is 1. The molecule has 0 unspecified atom stereocenters. The van der Waals surface area contributed by atoms with Crippen LogP contribution >= 0.6 is 11.3 Å². The molecule has 24 heavy (non-hydrogen) atoms. The number of benzene rings is 1. The van der Waals surface area contributed by atoms with Crippen molar-refractivity contribution in [2.75, 3.05) is 6.61 Å². The highest BCUT2D eigenvalue weighted by Crippen LogP contribution is 2.32. The number of aryl methyl sites for hydroxylation is 1. The van der Waals surface area contributed by atoms with Crippen LogP contribution in [0.1, 0.15) is 35.0 Å². The molecule has 1 aliphatic carbocycles. The summed E-state index contributed by atoms with van der Waals surface area (Å²) < 4.78 is 5.19. The molecule has 3 rings (SSSR count). The van der Waals surface area contributed by atoms with Crippen molar-refractivity contribution in [3.63, 3.8) is 0 Å². The summed E-state index contributed by atoms with van der Waals surface area (Å²) in [6, 6.07) is 10.0. The Balaban J connectivity index is 1.60. The maximum absolute atomic E-state index is 12.3. The van der Waals surface area contributed by atoms with Crippen LogP contribution in [0.5, 0.6) is 0 Å². The molecular weight excluding hydrogens is 322 g/mol. The lowest BCUT2D eigenvalue weighted by Crippen LogP contribution is -2.37. The van der Waals surface area contributed by atoms with Gasteiger partial charge in [-0.15, -0.1) is 11.3 Å². The molecule has 126 valence electrons. The Labute approximate surface area is 145 Å². The second kappa shape index (κ2) is 7.18. The molecule has 1 amide bonds. The summed E-state index contributed by atoms with van der Waals surface area (Å²) in [5, 5.41) is 4.74. The molecule has 1 saturated carbocycles. The lowest BCUT2D eigenvalue weighted by atomic mass is 10.1. The normalized spacial score (nSPS) is 14.9. The fraction of sp³-hybridized carbons (Fsp3) is 0.368. The Kier molecular flexibility index (Phi) is 5.00. The lowest BCUT2D eigenvalue weighted by Gasteiger charge is -2.12. The lowest BCUT2D eigenvalue weighted by molar-refractivity contribution is -0.124. The molecule has 0 aliphatic heterocycles. The van der Waals surface area contributed by atoms with Crippen LogP contribution in [0.15, 0.2) is 35.7 Å². The molecule has 0 radical (unpaired) electrons. The van der Waals surface area contributed by atoms with Crippen LogP contribution in [-0.4, -0.2) is 24.5 Å². The van der Waals surface area contributed by atoms with E-state index in [1.54, 1.807) is 0 Å². The van der Waals surface area contributed by atoms with Crippen LogP contribution in [0.4, 0.5) is 0 Å². The molecular formula is C19H21NO3S. The van der Waals surface area contributed by atoms with Gasteiger partial charge in [-0.3, -0.25) is 4.79 Å². The van der Waals surface area contributed by atoms with E-state index in [1.807, 2.05) is 49.6 Å². The van der Waals surface area contributed by atoms with Gasteiger partial charge in [-0.2, -0.15) is 0 Å². The Morgan fingerprint density at radius 2 is 1.96 bits per heavy atom. The van der Waals surface area contributed by atoms with Gasteiger partial charge in [-0.25, -0.2) is 4.79 Å². The van der Waals surface area contributed by atoms with E-state index >= 15 is 0 Å². The molecule has 1 atom stereocenters. The first-order chi connectivity index (χ1) is 11.5. The Bertz CT molecular complexity index is 731. The number of hydrogen-bond acceptors (Lipinski definition) is 4. The average Bonchev–Trinajstić information content (AvgIpc) is 3.31. The van der Waals surface area contributed by atoms with E-state index in [1.165, 1.54) is 16.9 Å². The van der Waals surface area contributed by atoms with E-state index in [-0.39, 0.29) is 18.6 Å². The summed E-state index contributed by atoms with van der Waals surface area (Å²) in [7, 11) is 0. The molecule has 0 saturated heterocycles. The van der Waals surface area contributed by atoms with Crippen molar-refractivity contribution in [1.29, 1.82) is 0 Å². The number of esters is 1. The summed E-state index contributed by atoms with van der Waals surface area (Å²) in [6.45, 7) is 3.78. The molecule has 0 bridgehead atoms. The Hall–Kier alpha value is -2.14. The second-order valence-electron chi connectivity index (χ2n) is 6.30. The molecule has 4 nitrogen and oxygen atoms in total. The van der Waals surface area contributed by atoms with Crippen LogP contribution in [0, 0.1) is 12.8 Å². The van der Waals surface area contributed by atoms with Gasteiger partial charge in [-0.1, -0.05) is 29.8 Å². The molecule has 1 N–H and O–H groups in total. The minimum absolute atomic E-state index is 0.154. The van der Waals surface area contributed by atoms with Gasteiger partial charge >= 0.3 is 5.97 Å². The second-order valence-corrected chi connectivity index (χ2v) is 7.22. The van der Waals surface area contributed by atoms with E-state index in [4.69, 9.17) is 4.74 Å². The van der Waals surface area contributed by atoms with Crippen molar-refractivity contribution in [2.24, 2.45) is 5.92 Å². The highest BCUT2D eigenvalue weighted by Gasteiger charge is 2.29. The number of carbonyl (C=O) groups is 2. The molecule has 5 heteroatoms. The Morgan fingerprint density at radius 3 is 2.62 bits per heavy atom. The third-order valence-corrected chi connectivity index (χ3v) is 5.16. The monoisotopic (exact) mass is 343 g/mol. The maximum atomic E-state index is 12.3. The SMILES string of the molecule is Cc1ccc(-c2ccsc2C(=O)OCC(=O)N[C@H](C)C2CC2)cc1. The van der Waals surface area contributed by atoms with Gasteiger partial charge < -0.3 is 10.1 Å². The van der Waals surface area contributed by atoms with Crippen molar-refractivity contribution < 1.29 is 14.3 Å². The first-order valence-corrected chi connectivity index (χ1v) is 9.03. The first-order valence-electron chi connectivity index (χ1n) is 8.15. The van der Waals surface area contributed by atoms with Crippen molar-refractivity contribution in [2.45, 2.75) is 32.7 Å².